The molecule has 1 amide bonds. The van der Waals surface area contributed by atoms with Gasteiger partial charge in [0.25, 0.3) is 5.91 Å². The number of ether oxygens (including phenoxy) is 2. The molecule has 1 aliphatic rings. The zero-order valence-electron chi connectivity index (χ0n) is 24.6. The molecule has 0 spiro atoms. The van der Waals surface area contributed by atoms with Gasteiger partial charge in [0.05, 0.1) is 35.9 Å². The van der Waals surface area contributed by atoms with Crippen LogP contribution in [0, 0.1) is 12.7 Å². The van der Waals surface area contributed by atoms with Gasteiger partial charge in [-0.15, -0.1) is 5.10 Å². The summed E-state index contributed by atoms with van der Waals surface area (Å²) in [5.41, 5.74) is 3.14. The van der Waals surface area contributed by atoms with Crippen LogP contribution in [0.5, 0.6) is 17.4 Å². The number of halogens is 2. The van der Waals surface area contributed by atoms with Crippen molar-refractivity contribution in [2.45, 2.75) is 25.8 Å². The van der Waals surface area contributed by atoms with Crippen molar-refractivity contribution in [3.63, 3.8) is 0 Å². The van der Waals surface area contributed by atoms with Gasteiger partial charge in [-0.2, -0.15) is 0 Å². The summed E-state index contributed by atoms with van der Waals surface area (Å²) in [4.78, 5) is 26.4. The van der Waals surface area contributed by atoms with E-state index in [0.717, 1.165) is 11.4 Å². The Morgan fingerprint density at radius 2 is 1.87 bits per heavy atom. The molecule has 0 unspecified atom stereocenters. The van der Waals surface area contributed by atoms with E-state index in [4.69, 9.17) is 9.47 Å². The molecule has 5 aromatic rings. The highest BCUT2D eigenvalue weighted by Gasteiger charge is 2.25. The first kappa shape index (κ1) is 29.5. The first-order valence-electron chi connectivity index (χ1n) is 14.2. The summed E-state index contributed by atoms with van der Waals surface area (Å²) in [7, 11) is 1.56. The third kappa shape index (κ3) is 6.51. The molecule has 11 nitrogen and oxygen atoms in total. The van der Waals surface area contributed by atoms with E-state index >= 15 is 4.39 Å². The second-order valence-corrected chi connectivity index (χ2v) is 10.5. The summed E-state index contributed by atoms with van der Waals surface area (Å²) in [6.45, 7) is 5.81. The largest absolute Gasteiger partial charge is 0.495 e. The number of carbonyl (C=O) groups excluding carboxylic acids is 1. The molecule has 4 heterocycles. The van der Waals surface area contributed by atoms with Crippen LogP contribution in [0.15, 0.2) is 79.7 Å². The van der Waals surface area contributed by atoms with E-state index in [1.165, 1.54) is 17.3 Å². The van der Waals surface area contributed by atoms with Crippen molar-refractivity contribution < 1.29 is 23.0 Å². The lowest BCUT2D eigenvalue weighted by atomic mass is 10.0. The Bertz CT molecular complexity index is 1870. The van der Waals surface area contributed by atoms with Crippen molar-refractivity contribution >= 4 is 34.0 Å². The SMILES string of the molecule is C=C(F)C(=O)N1CCC(Nc2cc3c(Nc4ccc(Oc5ccn(-c6ccc(C)nc6)n5)cc4F)ncnc3cc2OC)CC1. The molecule has 2 aromatic carbocycles. The number of aryl methyl sites for hydroxylation is 1. The van der Waals surface area contributed by atoms with E-state index in [0.29, 0.717) is 60.0 Å². The monoisotopic (exact) mass is 612 g/mol. The predicted molar refractivity (Wildman–Crippen MR) is 165 cm³/mol. The van der Waals surface area contributed by atoms with Crippen molar-refractivity contribution in [1.29, 1.82) is 0 Å². The highest BCUT2D eigenvalue weighted by molar-refractivity contribution is 5.95. The number of methoxy groups -OCH3 is 1. The normalized spacial score (nSPS) is 13.5. The van der Waals surface area contributed by atoms with E-state index in [2.05, 4.69) is 37.3 Å². The van der Waals surface area contributed by atoms with Gasteiger partial charge in [-0.3, -0.25) is 9.78 Å². The molecule has 6 rings (SSSR count). The fourth-order valence-electron chi connectivity index (χ4n) is 5.09. The van der Waals surface area contributed by atoms with Crippen LogP contribution < -0.4 is 20.1 Å². The number of nitrogens with one attached hydrogen (secondary N) is 2. The Kier molecular flexibility index (Phi) is 8.23. The van der Waals surface area contributed by atoms with Crippen LogP contribution in [0.3, 0.4) is 0 Å². The fourth-order valence-corrected chi connectivity index (χ4v) is 5.09. The zero-order chi connectivity index (χ0) is 31.5. The van der Waals surface area contributed by atoms with Gasteiger partial charge in [-0.05, 0) is 50.1 Å². The number of amides is 1. The van der Waals surface area contributed by atoms with Crippen molar-refractivity contribution in [3.05, 3.63) is 91.2 Å². The second-order valence-electron chi connectivity index (χ2n) is 10.5. The lowest BCUT2D eigenvalue weighted by molar-refractivity contribution is -0.129. The van der Waals surface area contributed by atoms with Crippen molar-refractivity contribution in [3.8, 4) is 23.1 Å². The summed E-state index contributed by atoms with van der Waals surface area (Å²) in [5.74, 6) is -0.648. The maximum absolute atomic E-state index is 15.3. The minimum atomic E-state index is -0.959. The van der Waals surface area contributed by atoms with Crippen LogP contribution >= 0.6 is 0 Å². The minimum Gasteiger partial charge on any atom is -0.495 e. The molecule has 0 radical (unpaired) electrons. The van der Waals surface area contributed by atoms with Gasteiger partial charge < -0.3 is 25.0 Å². The second kappa shape index (κ2) is 12.6. The number of fused-ring (bicyclic) bond motifs is 1. The average molecular weight is 613 g/mol. The Labute approximate surface area is 257 Å². The molecular weight excluding hydrogens is 582 g/mol. The zero-order valence-corrected chi connectivity index (χ0v) is 24.6. The number of hydrogen-bond acceptors (Lipinski definition) is 9. The van der Waals surface area contributed by atoms with E-state index in [1.54, 1.807) is 48.5 Å². The van der Waals surface area contributed by atoms with Gasteiger partial charge in [0, 0.05) is 54.6 Å². The van der Waals surface area contributed by atoms with E-state index in [1.807, 2.05) is 25.1 Å². The first-order chi connectivity index (χ1) is 21.8. The number of nitrogens with zero attached hydrogens (tertiary/aromatic N) is 6. The number of anilines is 3. The number of pyridine rings is 1. The highest BCUT2D eigenvalue weighted by atomic mass is 19.1. The fraction of sp³-hybridized carbons (Fsp3) is 0.219. The van der Waals surface area contributed by atoms with Crippen LogP contribution in [-0.2, 0) is 4.79 Å². The molecule has 0 aliphatic carbocycles. The molecule has 1 saturated heterocycles. The molecule has 1 fully saturated rings. The van der Waals surface area contributed by atoms with Crippen LogP contribution in [0.2, 0.25) is 0 Å². The molecule has 0 atom stereocenters. The van der Waals surface area contributed by atoms with E-state index in [9.17, 15) is 9.18 Å². The third-order valence-corrected chi connectivity index (χ3v) is 7.47. The van der Waals surface area contributed by atoms with E-state index < -0.39 is 17.6 Å². The molecule has 45 heavy (non-hydrogen) atoms. The minimum absolute atomic E-state index is 0.0132. The molecular formula is C32H30F2N8O3. The number of piperidine rings is 1. The number of aromatic nitrogens is 5. The molecule has 3 aromatic heterocycles. The standard InChI is InChI=1S/C32H30F2N8O3/c1-19-4-5-22(17-35-19)42-13-10-30(40-42)45-23-6-7-26(25(34)14-23)39-31-24-15-28(29(44-3)16-27(24)36-18-37-31)38-21-8-11-41(12-9-21)32(43)20(2)33/h4-7,10,13-18,21,38H,2,8-9,11-12H2,1,3H3,(H,36,37,39). The van der Waals surface area contributed by atoms with Gasteiger partial charge in [-0.1, -0.05) is 6.58 Å². The van der Waals surface area contributed by atoms with Crippen molar-refractivity contribution in [1.82, 2.24) is 29.6 Å². The molecule has 230 valence electrons. The first-order valence-corrected chi connectivity index (χ1v) is 14.2. The molecule has 0 bridgehead atoms. The molecule has 13 heteroatoms. The van der Waals surface area contributed by atoms with Crippen LogP contribution in [0.1, 0.15) is 18.5 Å². The van der Waals surface area contributed by atoms with Crippen molar-refractivity contribution in [2.24, 2.45) is 0 Å². The molecule has 2 N–H and O–H groups in total. The quantitative estimate of drug-likeness (QED) is 0.191. The van der Waals surface area contributed by atoms with Crippen LogP contribution in [-0.4, -0.2) is 61.8 Å². The Morgan fingerprint density at radius 1 is 1.04 bits per heavy atom. The summed E-state index contributed by atoms with van der Waals surface area (Å²) < 4.78 is 41.6. The Hall–Kier alpha value is -5.59. The topological polar surface area (TPSA) is 119 Å². The van der Waals surface area contributed by atoms with Gasteiger partial charge in [0.1, 0.15) is 29.5 Å². The number of carbonyl (C=O) groups is 1. The van der Waals surface area contributed by atoms with Crippen molar-refractivity contribution in [2.75, 3.05) is 30.8 Å². The summed E-state index contributed by atoms with van der Waals surface area (Å²) >= 11 is 0. The molecule has 0 saturated carbocycles. The molecule has 1 aliphatic heterocycles. The summed E-state index contributed by atoms with van der Waals surface area (Å²) in [6, 6.07) is 13.5. The number of hydrogen-bond donors (Lipinski definition) is 2. The lowest BCUT2D eigenvalue weighted by Crippen LogP contribution is -2.42. The highest BCUT2D eigenvalue weighted by Crippen LogP contribution is 2.35. The Morgan fingerprint density at radius 3 is 2.58 bits per heavy atom. The predicted octanol–water partition coefficient (Wildman–Crippen LogP) is 6.09. The maximum atomic E-state index is 15.3. The van der Waals surface area contributed by atoms with E-state index in [-0.39, 0.29) is 17.5 Å². The van der Waals surface area contributed by atoms with Crippen LogP contribution in [0.25, 0.3) is 16.6 Å². The maximum Gasteiger partial charge on any atom is 0.281 e. The smallest absolute Gasteiger partial charge is 0.281 e. The summed E-state index contributed by atoms with van der Waals surface area (Å²) in [6.07, 6.45) is 6.05. The average Bonchev–Trinajstić information content (AvgIpc) is 3.51. The Balaban J connectivity index is 1.18. The third-order valence-electron chi connectivity index (χ3n) is 7.47. The van der Waals surface area contributed by atoms with Gasteiger partial charge >= 0.3 is 0 Å². The van der Waals surface area contributed by atoms with Gasteiger partial charge in [-0.25, -0.2) is 23.4 Å². The van der Waals surface area contributed by atoms with Gasteiger partial charge in [0.15, 0.2) is 5.83 Å². The number of benzene rings is 2. The van der Waals surface area contributed by atoms with Gasteiger partial charge in [0.2, 0.25) is 5.88 Å². The van der Waals surface area contributed by atoms with Crippen LogP contribution in [0.4, 0.5) is 26.0 Å². The number of likely N-dealkylation sites (tertiary alicyclic amines) is 1. The lowest BCUT2D eigenvalue weighted by Gasteiger charge is -2.32. The summed E-state index contributed by atoms with van der Waals surface area (Å²) in [5, 5.41) is 11.6. The number of rotatable bonds is 9.